The summed E-state index contributed by atoms with van der Waals surface area (Å²) in [5, 5.41) is 14.2. The maximum Gasteiger partial charge on any atom is 0.279 e. The van der Waals surface area contributed by atoms with Crippen LogP contribution in [-0.2, 0) is 4.79 Å². The third kappa shape index (κ3) is 6.02. The van der Waals surface area contributed by atoms with Crippen molar-refractivity contribution in [3.8, 4) is 5.75 Å². The molecule has 7 nitrogen and oxygen atoms in total. The summed E-state index contributed by atoms with van der Waals surface area (Å²) in [7, 11) is 1.90. The molecule has 1 amide bonds. The molecule has 2 aromatic rings. The molecule has 1 unspecified atom stereocenters. The Morgan fingerprint density at radius 3 is 2.58 bits per heavy atom. The molecule has 0 radical (unpaired) electrons. The first-order valence-corrected chi connectivity index (χ1v) is 8.47. The van der Waals surface area contributed by atoms with E-state index >= 15 is 0 Å². The quantitative estimate of drug-likeness (QED) is 0.544. The van der Waals surface area contributed by atoms with E-state index in [-0.39, 0.29) is 18.1 Å². The van der Waals surface area contributed by atoms with Crippen molar-refractivity contribution in [3.05, 3.63) is 63.2 Å². The molecular formula is C18H21ClN3O4+. The number of nitrogens with zero attached hydrogens (tertiary/aromatic N) is 1. The van der Waals surface area contributed by atoms with Gasteiger partial charge in [0.2, 0.25) is 0 Å². The standard InChI is InChI=1S/C18H20ClN3O4/c1-13-11-15(22(24)25)5-8-17(13)20-18(23)12-21(2)9-10-26-16-6-3-14(19)4-7-16/h3-8,11H,9-10,12H2,1-2H3,(H,20,23)/p+1. The summed E-state index contributed by atoms with van der Waals surface area (Å²) in [5.74, 6) is 0.569. The third-order valence-corrected chi connectivity index (χ3v) is 4.02. The molecule has 0 aliphatic carbocycles. The Kier molecular flexibility index (Phi) is 6.94. The minimum Gasteiger partial charge on any atom is -0.488 e. The van der Waals surface area contributed by atoms with Crippen molar-refractivity contribution in [1.82, 2.24) is 0 Å². The summed E-state index contributed by atoms with van der Waals surface area (Å²) < 4.78 is 5.61. The Labute approximate surface area is 156 Å². The van der Waals surface area contributed by atoms with Gasteiger partial charge in [0.25, 0.3) is 11.6 Å². The topological polar surface area (TPSA) is 85.9 Å². The normalized spacial score (nSPS) is 11.7. The van der Waals surface area contributed by atoms with E-state index in [0.717, 1.165) is 10.6 Å². The zero-order valence-electron chi connectivity index (χ0n) is 14.6. The molecule has 0 heterocycles. The van der Waals surface area contributed by atoms with Gasteiger partial charge in [-0.3, -0.25) is 14.9 Å². The fourth-order valence-electron chi connectivity index (χ4n) is 2.33. The van der Waals surface area contributed by atoms with Gasteiger partial charge in [-0.25, -0.2) is 0 Å². The Balaban J connectivity index is 1.78. The number of amides is 1. The van der Waals surface area contributed by atoms with Crippen LogP contribution in [0.3, 0.4) is 0 Å². The molecule has 0 aromatic heterocycles. The average Bonchev–Trinajstić information content (AvgIpc) is 2.58. The Hall–Kier alpha value is -2.64. The second-order valence-electron chi connectivity index (χ2n) is 5.99. The fourth-order valence-corrected chi connectivity index (χ4v) is 2.46. The Morgan fingerprint density at radius 1 is 1.27 bits per heavy atom. The molecule has 1 atom stereocenters. The van der Waals surface area contributed by atoms with Crippen LogP contribution in [-0.4, -0.2) is 37.6 Å². The van der Waals surface area contributed by atoms with Gasteiger partial charge in [0, 0.05) is 22.8 Å². The smallest absolute Gasteiger partial charge is 0.279 e. The number of carbonyl (C=O) groups is 1. The van der Waals surface area contributed by atoms with Crippen LogP contribution in [0.25, 0.3) is 0 Å². The second-order valence-corrected chi connectivity index (χ2v) is 6.43. The van der Waals surface area contributed by atoms with Crippen molar-refractivity contribution in [3.63, 3.8) is 0 Å². The number of nitro groups is 1. The summed E-state index contributed by atoms with van der Waals surface area (Å²) in [6.07, 6.45) is 0. The second kappa shape index (κ2) is 9.17. The summed E-state index contributed by atoms with van der Waals surface area (Å²) in [5.41, 5.74) is 1.23. The number of halogens is 1. The number of hydrogen-bond donors (Lipinski definition) is 2. The minimum atomic E-state index is -0.461. The molecule has 0 saturated heterocycles. The van der Waals surface area contributed by atoms with Crippen molar-refractivity contribution in [1.29, 1.82) is 0 Å². The van der Waals surface area contributed by atoms with Crippen LogP contribution in [0.1, 0.15) is 5.56 Å². The summed E-state index contributed by atoms with van der Waals surface area (Å²) in [6, 6.07) is 11.5. The van der Waals surface area contributed by atoms with Crippen LogP contribution in [0.15, 0.2) is 42.5 Å². The van der Waals surface area contributed by atoms with E-state index in [1.807, 2.05) is 7.05 Å². The number of ether oxygens (including phenoxy) is 1. The summed E-state index contributed by atoms with van der Waals surface area (Å²) >= 11 is 5.82. The number of rotatable bonds is 8. The van der Waals surface area contributed by atoms with E-state index < -0.39 is 4.92 Å². The number of nitro benzene ring substituents is 1. The van der Waals surface area contributed by atoms with Gasteiger partial charge in [0.05, 0.1) is 12.0 Å². The fraction of sp³-hybridized carbons (Fsp3) is 0.278. The molecule has 2 rings (SSSR count). The third-order valence-electron chi connectivity index (χ3n) is 3.77. The largest absolute Gasteiger partial charge is 0.488 e. The summed E-state index contributed by atoms with van der Waals surface area (Å²) in [6.45, 7) is 3.10. The average molecular weight is 379 g/mol. The van der Waals surface area contributed by atoms with Gasteiger partial charge in [-0.05, 0) is 42.8 Å². The number of quaternary nitrogens is 1. The minimum absolute atomic E-state index is 0.00240. The predicted molar refractivity (Wildman–Crippen MR) is 100 cm³/mol. The van der Waals surface area contributed by atoms with Gasteiger partial charge >= 0.3 is 0 Å². The van der Waals surface area contributed by atoms with Crippen LogP contribution < -0.4 is 15.0 Å². The molecule has 138 valence electrons. The number of aryl methyl sites for hydroxylation is 1. The molecule has 0 saturated carbocycles. The summed E-state index contributed by atoms with van der Waals surface area (Å²) in [4.78, 5) is 23.4. The first-order chi connectivity index (χ1) is 12.3. The van der Waals surface area contributed by atoms with Gasteiger partial charge in [-0.1, -0.05) is 11.6 Å². The molecule has 0 spiro atoms. The van der Waals surface area contributed by atoms with Crippen molar-refractivity contribution >= 4 is 28.9 Å². The first kappa shape index (κ1) is 19.7. The highest BCUT2D eigenvalue weighted by Gasteiger charge is 2.13. The number of non-ortho nitro benzene ring substituents is 1. The van der Waals surface area contributed by atoms with Crippen LogP contribution in [0.4, 0.5) is 11.4 Å². The number of carbonyl (C=O) groups excluding carboxylic acids is 1. The maximum atomic E-state index is 12.1. The molecule has 0 fully saturated rings. The highest BCUT2D eigenvalue weighted by Crippen LogP contribution is 2.20. The van der Waals surface area contributed by atoms with Crippen molar-refractivity contribution in [2.24, 2.45) is 0 Å². The van der Waals surface area contributed by atoms with Crippen molar-refractivity contribution < 1.29 is 19.4 Å². The molecule has 0 aliphatic heterocycles. The van der Waals surface area contributed by atoms with Crippen LogP contribution in [0.5, 0.6) is 5.75 Å². The highest BCUT2D eigenvalue weighted by molar-refractivity contribution is 6.30. The maximum absolute atomic E-state index is 12.1. The lowest BCUT2D eigenvalue weighted by Gasteiger charge is -2.15. The lowest BCUT2D eigenvalue weighted by molar-refractivity contribution is -0.871. The molecule has 2 aromatic carbocycles. The predicted octanol–water partition coefficient (Wildman–Crippen LogP) is 2.09. The highest BCUT2D eigenvalue weighted by atomic mass is 35.5. The van der Waals surface area contributed by atoms with E-state index in [9.17, 15) is 14.9 Å². The number of anilines is 1. The van der Waals surface area contributed by atoms with Crippen LogP contribution >= 0.6 is 11.6 Å². The van der Waals surface area contributed by atoms with E-state index in [1.54, 1.807) is 37.3 Å². The number of benzene rings is 2. The monoisotopic (exact) mass is 378 g/mol. The van der Waals surface area contributed by atoms with E-state index in [2.05, 4.69) is 5.32 Å². The number of likely N-dealkylation sites (N-methyl/N-ethyl adjacent to an activating group) is 1. The van der Waals surface area contributed by atoms with Gasteiger partial charge in [-0.15, -0.1) is 0 Å². The van der Waals surface area contributed by atoms with Gasteiger partial charge in [-0.2, -0.15) is 0 Å². The molecule has 0 bridgehead atoms. The molecule has 8 heteroatoms. The van der Waals surface area contributed by atoms with E-state index in [4.69, 9.17) is 16.3 Å². The zero-order chi connectivity index (χ0) is 19.1. The molecule has 2 N–H and O–H groups in total. The lowest BCUT2D eigenvalue weighted by atomic mass is 10.2. The van der Waals surface area contributed by atoms with Crippen molar-refractivity contribution in [2.75, 3.05) is 32.1 Å². The zero-order valence-corrected chi connectivity index (χ0v) is 15.4. The number of hydrogen-bond acceptors (Lipinski definition) is 4. The Morgan fingerprint density at radius 2 is 1.96 bits per heavy atom. The van der Waals surface area contributed by atoms with Crippen molar-refractivity contribution in [2.45, 2.75) is 6.92 Å². The molecule has 0 aliphatic rings. The molecular weight excluding hydrogens is 358 g/mol. The first-order valence-electron chi connectivity index (χ1n) is 8.09. The van der Waals surface area contributed by atoms with E-state index in [0.29, 0.717) is 29.4 Å². The van der Waals surface area contributed by atoms with Gasteiger partial charge < -0.3 is 15.0 Å². The Bertz CT molecular complexity index is 781. The molecule has 26 heavy (non-hydrogen) atoms. The lowest BCUT2D eigenvalue weighted by Crippen LogP contribution is -3.10. The van der Waals surface area contributed by atoms with Gasteiger partial charge in [0.15, 0.2) is 6.54 Å². The van der Waals surface area contributed by atoms with E-state index in [1.165, 1.54) is 12.1 Å². The van der Waals surface area contributed by atoms with Gasteiger partial charge in [0.1, 0.15) is 18.9 Å². The van der Waals surface area contributed by atoms with Crippen LogP contribution in [0.2, 0.25) is 5.02 Å². The van der Waals surface area contributed by atoms with Crippen LogP contribution in [0, 0.1) is 17.0 Å². The SMILES string of the molecule is Cc1cc([N+](=O)[O-])ccc1NC(=O)C[NH+](C)CCOc1ccc(Cl)cc1. The number of nitrogens with one attached hydrogen (secondary N) is 2.